The van der Waals surface area contributed by atoms with Crippen molar-refractivity contribution in [1.29, 1.82) is 0 Å². The lowest BCUT2D eigenvalue weighted by molar-refractivity contribution is -0.118. The second-order valence-electron chi connectivity index (χ2n) is 4.18. The van der Waals surface area contributed by atoms with E-state index in [1.807, 2.05) is 18.2 Å². The SMILES string of the molecule is NC(=O)Cn1ccc(C(=O)O)c1COc1ccccc1. The summed E-state index contributed by atoms with van der Waals surface area (Å²) < 4.78 is 7.01. The van der Waals surface area contributed by atoms with E-state index >= 15 is 0 Å². The highest BCUT2D eigenvalue weighted by Gasteiger charge is 2.16. The molecule has 0 atom stereocenters. The van der Waals surface area contributed by atoms with Crippen molar-refractivity contribution in [2.75, 3.05) is 0 Å². The number of nitrogens with two attached hydrogens (primary N) is 1. The molecule has 6 heteroatoms. The lowest BCUT2D eigenvalue weighted by atomic mass is 10.2. The van der Waals surface area contributed by atoms with Crippen LogP contribution in [0.15, 0.2) is 42.6 Å². The monoisotopic (exact) mass is 274 g/mol. The Morgan fingerprint density at radius 3 is 2.50 bits per heavy atom. The number of ether oxygens (including phenoxy) is 1. The van der Waals surface area contributed by atoms with Crippen molar-refractivity contribution in [2.24, 2.45) is 5.73 Å². The third-order valence-corrected chi connectivity index (χ3v) is 2.75. The van der Waals surface area contributed by atoms with Crippen molar-refractivity contribution < 1.29 is 19.4 Å². The molecule has 1 aromatic heterocycles. The molecule has 0 saturated carbocycles. The highest BCUT2D eigenvalue weighted by atomic mass is 16.5. The molecule has 0 aliphatic rings. The highest BCUT2D eigenvalue weighted by Crippen LogP contribution is 2.16. The fourth-order valence-electron chi connectivity index (χ4n) is 1.85. The maximum atomic E-state index is 11.1. The summed E-state index contributed by atoms with van der Waals surface area (Å²) in [4.78, 5) is 22.1. The Morgan fingerprint density at radius 1 is 1.20 bits per heavy atom. The van der Waals surface area contributed by atoms with Crippen molar-refractivity contribution >= 4 is 11.9 Å². The average molecular weight is 274 g/mol. The molecule has 2 rings (SSSR count). The highest BCUT2D eigenvalue weighted by molar-refractivity contribution is 5.89. The normalized spacial score (nSPS) is 10.2. The lowest BCUT2D eigenvalue weighted by Crippen LogP contribution is -2.21. The minimum Gasteiger partial charge on any atom is -0.487 e. The molecule has 0 unspecified atom stereocenters. The number of rotatable bonds is 6. The zero-order chi connectivity index (χ0) is 14.5. The number of aromatic carboxylic acids is 1. The van der Waals surface area contributed by atoms with E-state index in [0.717, 1.165) is 0 Å². The molecule has 104 valence electrons. The number of aromatic nitrogens is 1. The van der Waals surface area contributed by atoms with E-state index in [9.17, 15) is 9.59 Å². The summed E-state index contributed by atoms with van der Waals surface area (Å²) in [5, 5.41) is 9.13. The standard InChI is InChI=1S/C14H14N2O4/c15-13(17)8-16-7-6-11(14(18)19)12(16)9-20-10-4-2-1-3-5-10/h1-7H,8-9H2,(H2,15,17)(H,18,19). The second-order valence-corrected chi connectivity index (χ2v) is 4.18. The van der Waals surface area contributed by atoms with Crippen molar-refractivity contribution in [3.63, 3.8) is 0 Å². The topological polar surface area (TPSA) is 94.6 Å². The first-order valence-corrected chi connectivity index (χ1v) is 5.95. The molecule has 0 aliphatic heterocycles. The van der Waals surface area contributed by atoms with E-state index in [2.05, 4.69) is 0 Å². The Hall–Kier alpha value is -2.76. The lowest BCUT2D eigenvalue weighted by Gasteiger charge is -2.10. The van der Waals surface area contributed by atoms with Gasteiger partial charge in [0.15, 0.2) is 0 Å². The van der Waals surface area contributed by atoms with Gasteiger partial charge in [0.1, 0.15) is 18.9 Å². The first-order chi connectivity index (χ1) is 9.58. The van der Waals surface area contributed by atoms with Crippen molar-refractivity contribution in [3.05, 3.63) is 53.9 Å². The van der Waals surface area contributed by atoms with E-state index in [1.54, 1.807) is 12.1 Å². The van der Waals surface area contributed by atoms with Gasteiger partial charge in [0.2, 0.25) is 5.91 Å². The molecule has 0 aliphatic carbocycles. The van der Waals surface area contributed by atoms with Gasteiger partial charge >= 0.3 is 5.97 Å². The molecule has 6 nitrogen and oxygen atoms in total. The zero-order valence-corrected chi connectivity index (χ0v) is 10.7. The van der Waals surface area contributed by atoms with Gasteiger partial charge in [0.05, 0.1) is 11.3 Å². The van der Waals surface area contributed by atoms with Gasteiger partial charge in [-0.1, -0.05) is 18.2 Å². The van der Waals surface area contributed by atoms with Crippen molar-refractivity contribution in [3.8, 4) is 5.75 Å². The fraction of sp³-hybridized carbons (Fsp3) is 0.143. The van der Waals surface area contributed by atoms with Gasteiger partial charge in [0, 0.05) is 6.20 Å². The van der Waals surface area contributed by atoms with Crippen molar-refractivity contribution in [1.82, 2.24) is 4.57 Å². The molecule has 2 aromatic rings. The Balaban J connectivity index is 2.21. The van der Waals surface area contributed by atoms with E-state index in [4.69, 9.17) is 15.6 Å². The first-order valence-electron chi connectivity index (χ1n) is 5.95. The average Bonchev–Trinajstić information content (AvgIpc) is 2.80. The van der Waals surface area contributed by atoms with Gasteiger partial charge in [-0.15, -0.1) is 0 Å². The Morgan fingerprint density at radius 2 is 1.90 bits per heavy atom. The van der Waals surface area contributed by atoms with Gasteiger partial charge in [-0.25, -0.2) is 4.79 Å². The third kappa shape index (κ3) is 3.17. The Bertz CT molecular complexity index is 619. The molecular formula is C14H14N2O4. The number of carboxylic acid groups (broad SMARTS) is 1. The maximum absolute atomic E-state index is 11.1. The van der Waals surface area contributed by atoms with Crippen LogP contribution in [0.25, 0.3) is 0 Å². The van der Waals surface area contributed by atoms with Crippen LogP contribution >= 0.6 is 0 Å². The minimum absolute atomic E-state index is 0.0475. The number of hydrogen-bond donors (Lipinski definition) is 2. The number of amides is 1. The van der Waals surface area contributed by atoms with Crippen LogP contribution in [0.2, 0.25) is 0 Å². The summed E-state index contributed by atoms with van der Waals surface area (Å²) in [5.74, 6) is -0.992. The number of carbonyl (C=O) groups excluding carboxylic acids is 1. The summed E-state index contributed by atoms with van der Waals surface area (Å²) in [5.41, 5.74) is 5.64. The number of para-hydroxylation sites is 1. The van der Waals surface area contributed by atoms with Crippen LogP contribution in [0.4, 0.5) is 0 Å². The fourth-order valence-corrected chi connectivity index (χ4v) is 1.85. The predicted octanol–water partition coefficient (Wildman–Crippen LogP) is 1.25. The molecule has 0 spiro atoms. The molecule has 0 bridgehead atoms. The third-order valence-electron chi connectivity index (χ3n) is 2.75. The minimum atomic E-state index is -1.07. The zero-order valence-electron chi connectivity index (χ0n) is 10.7. The summed E-state index contributed by atoms with van der Waals surface area (Å²) in [6.07, 6.45) is 1.51. The molecule has 0 radical (unpaired) electrons. The van der Waals surface area contributed by atoms with E-state index < -0.39 is 11.9 Å². The molecule has 0 saturated heterocycles. The summed E-state index contributed by atoms with van der Waals surface area (Å²) in [7, 11) is 0. The van der Waals surface area contributed by atoms with E-state index in [1.165, 1.54) is 16.8 Å². The molecule has 0 fully saturated rings. The van der Waals surface area contributed by atoms with Crippen LogP contribution in [0.5, 0.6) is 5.75 Å². The van der Waals surface area contributed by atoms with Gasteiger partial charge in [-0.2, -0.15) is 0 Å². The van der Waals surface area contributed by atoms with Crippen molar-refractivity contribution in [2.45, 2.75) is 13.2 Å². The van der Waals surface area contributed by atoms with Crippen LogP contribution in [0.1, 0.15) is 16.1 Å². The molecular weight excluding hydrogens is 260 g/mol. The Kier molecular flexibility index (Phi) is 4.05. The molecule has 20 heavy (non-hydrogen) atoms. The largest absolute Gasteiger partial charge is 0.487 e. The number of carbonyl (C=O) groups is 2. The van der Waals surface area contributed by atoms with Crippen LogP contribution in [-0.4, -0.2) is 21.6 Å². The first kappa shape index (κ1) is 13.7. The van der Waals surface area contributed by atoms with Gasteiger partial charge < -0.3 is 20.1 Å². The van der Waals surface area contributed by atoms with Crippen LogP contribution in [0.3, 0.4) is 0 Å². The number of benzene rings is 1. The van der Waals surface area contributed by atoms with Gasteiger partial charge in [-0.3, -0.25) is 4.79 Å². The number of primary amides is 1. The number of carboxylic acids is 1. The molecule has 1 aromatic carbocycles. The Labute approximate surface area is 115 Å². The summed E-state index contributed by atoms with van der Waals surface area (Å²) in [6, 6.07) is 10.4. The van der Waals surface area contributed by atoms with E-state index in [0.29, 0.717) is 11.4 Å². The number of hydrogen-bond acceptors (Lipinski definition) is 3. The summed E-state index contributed by atoms with van der Waals surface area (Å²) in [6.45, 7) is -0.0350. The molecule has 3 N–H and O–H groups in total. The van der Waals surface area contributed by atoms with Crippen LogP contribution < -0.4 is 10.5 Å². The summed E-state index contributed by atoms with van der Waals surface area (Å²) >= 11 is 0. The number of nitrogens with zero attached hydrogens (tertiary/aromatic N) is 1. The quantitative estimate of drug-likeness (QED) is 0.828. The smallest absolute Gasteiger partial charge is 0.337 e. The maximum Gasteiger partial charge on any atom is 0.337 e. The second kappa shape index (κ2) is 5.92. The van der Waals surface area contributed by atoms with E-state index in [-0.39, 0.29) is 18.7 Å². The van der Waals surface area contributed by atoms with Gasteiger partial charge in [0.25, 0.3) is 0 Å². The predicted molar refractivity (Wildman–Crippen MR) is 71.4 cm³/mol. The molecule has 1 amide bonds. The molecule has 1 heterocycles. The van der Waals surface area contributed by atoms with Crippen LogP contribution in [-0.2, 0) is 17.9 Å². The van der Waals surface area contributed by atoms with Crippen LogP contribution in [0, 0.1) is 0 Å². The van der Waals surface area contributed by atoms with Gasteiger partial charge in [-0.05, 0) is 18.2 Å².